The van der Waals surface area contributed by atoms with E-state index < -0.39 is 5.60 Å². The summed E-state index contributed by atoms with van der Waals surface area (Å²) in [4.78, 5) is 5.66. The minimum absolute atomic E-state index is 0.563. The molecule has 1 saturated heterocycles. The molecule has 2 aromatic rings. The Hall–Kier alpha value is -1.32. The van der Waals surface area contributed by atoms with Gasteiger partial charge in [-0.15, -0.1) is 0 Å². The number of aromatic amines is 1. The normalized spacial score (nSPS) is 20.2. The monoisotopic (exact) mass is 258 g/mol. The first-order chi connectivity index (χ1) is 9.10. The summed E-state index contributed by atoms with van der Waals surface area (Å²) in [6, 6.07) is 8.79. The number of likely N-dealkylation sites (tertiary alicyclic amines) is 1. The van der Waals surface area contributed by atoms with E-state index >= 15 is 0 Å². The van der Waals surface area contributed by atoms with Crippen molar-refractivity contribution in [2.24, 2.45) is 0 Å². The van der Waals surface area contributed by atoms with E-state index in [9.17, 15) is 5.11 Å². The number of aromatic nitrogens is 1. The average molecular weight is 258 g/mol. The Bertz CT molecular complexity index is 565. The van der Waals surface area contributed by atoms with Crippen LogP contribution in [-0.2, 0) is 5.60 Å². The fourth-order valence-corrected chi connectivity index (χ4v) is 3.17. The summed E-state index contributed by atoms with van der Waals surface area (Å²) in [5, 5.41) is 12.2. The quantitative estimate of drug-likeness (QED) is 0.869. The third-order valence-corrected chi connectivity index (χ3v) is 4.45. The number of fused-ring (bicyclic) bond motifs is 1. The van der Waals surface area contributed by atoms with Crippen LogP contribution in [-0.4, -0.2) is 34.1 Å². The molecule has 1 aromatic heterocycles. The molecule has 0 bridgehead atoms. The smallest absolute Gasteiger partial charge is 0.0927 e. The molecule has 1 aliphatic heterocycles. The summed E-state index contributed by atoms with van der Waals surface area (Å²) in [5.41, 5.74) is 1.51. The molecule has 1 aromatic carbocycles. The van der Waals surface area contributed by atoms with Crippen LogP contribution in [0.4, 0.5) is 0 Å². The molecule has 0 aliphatic carbocycles. The van der Waals surface area contributed by atoms with Crippen molar-refractivity contribution in [2.45, 2.75) is 38.3 Å². The Labute approximate surface area is 114 Å². The Morgan fingerprint density at radius 3 is 2.63 bits per heavy atom. The van der Waals surface area contributed by atoms with Gasteiger partial charge in [-0.3, -0.25) is 0 Å². The van der Waals surface area contributed by atoms with Crippen LogP contribution in [0.3, 0.4) is 0 Å². The lowest BCUT2D eigenvalue weighted by molar-refractivity contribution is -0.0312. The molecule has 2 heterocycles. The number of H-pyrrole nitrogens is 1. The van der Waals surface area contributed by atoms with Crippen LogP contribution in [0.25, 0.3) is 10.9 Å². The van der Waals surface area contributed by atoms with E-state index in [1.807, 2.05) is 12.3 Å². The van der Waals surface area contributed by atoms with Crippen molar-refractivity contribution in [2.75, 3.05) is 13.1 Å². The number of piperidine rings is 1. The molecule has 1 fully saturated rings. The van der Waals surface area contributed by atoms with Gasteiger partial charge < -0.3 is 15.0 Å². The van der Waals surface area contributed by atoms with Gasteiger partial charge in [-0.25, -0.2) is 0 Å². The lowest BCUT2D eigenvalue weighted by atomic mass is 9.82. The van der Waals surface area contributed by atoms with Crippen molar-refractivity contribution >= 4 is 10.9 Å². The number of benzene rings is 1. The van der Waals surface area contributed by atoms with Gasteiger partial charge in [0.15, 0.2) is 0 Å². The molecule has 0 spiro atoms. The predicted octanol–water partition coefficient (Wildman–Crippen LogP) is 2.86. The molecule has 0 atom stereocenters. The molecule has 0 saturated carbocycles. The maximum absolute atomic E-state index is 11.0. The standard InChI is InChI=1S/C16H22N2O/c1-12(2)18-10-7-16(19,8-11-18)14-4-3-5-15-13(14)6-9-17-15/h3-6,9,12,17,19H,7-8,10-11H2,1-2H3. The molecule has 3 heteroatoms. The second kappa shape index (κ2) is 4.66. The molecular weight excluding hydrogens is 236 g/mol. The fraction of sp³-hybridized carbons (Fsp3) is 0.500. The van der Waals surface area contributed by atoms with Crippen molar-refractivity contribution in [1.29, 1.82) is 0 Å². The fourth-order valence-electron chi connectivity index (χ4n) is 3.17. The van der Waals surface area contributed by atoms with Crippen LogP contribution in [0.5, 0.6) is 0 Å². The molecule has 3 rings (SSSR count). The number of rotatable bonds is 2. The Morgan fingerprint density at radius 2 is 1.95 bits per heavy atom. The van der Waals surface area contributed by atoms with Gasteiger partial charge in [0.1, 0.15) is 0 Å². The zero-order valence-corrected chi connectivity index (χ0v) is 11.7. The van der Waals surface area contributed by atoms with Gasteiger partial charge in [-0.2, -0.15) is 0 Å². The summed E-state index contributed by atoms with van der Waals surface area (Å²) in [6.45, 7) is 6.37. The van der Waals surface area contributed by atoms with Gasteiger partial charge in [0.05, 0.1) is 5.60 Å². The molecule has 0 unspecified atom stereocenters. The molecular formula is C16H22N2O. The van der Waals surface area contributed by atoms with Gasteiger partial charge in [0.25, 0.3) is 0 Å². The first-order valence-corrected chi connectivity index (χ1v) is 7.13. The van der Waals surface area contributed by atoms with Gasteiger partial charge in [-0.1, -0.05) is 12.1 Å². The van der Waals surface area contributed by atoms with E-state index in [0.29, 0.717) is 6.04 Å². The average Bonchev–Trinajstić information content (AvgIpc) is 2.87. The lowest BCUT2D eigenvalue weighted by Crippen LogP contribution is -2.45. The number of hydrogen-bond acceptors (Lipinski definition) is 2. The summed E-state index contributed by atoms with van der Waals surface area (Å²) in [7, 11) is 0. The first kappa shape index (κ1) is 12.7. The number of nitrogens with one attached hydrogen (secondary N) is 1. The summed E-state index contributed by atoms with van der Waals surface area (Å²) < 4.78 is 0. The largest absolute Gasteiger partial charge is 0.385 e. The third kappa shape index (κ3) is 2.17. The second-order valence-electron chi connectivity index (χ2n) is 5.91. The van der Waals surface area contributed by atoms with E-state index in [1.165, 1.54) is 0 Å². The van der Waals surface area contributed by atoms with Crippen LogP contribution >= 0.6 is 0 Å². The Morgan fingerprint density at radius 1 is 1.21 bits per heavy atom. The zero-order chi connectivity index (χ0) is 13.5. The minimum Gasteiger partial charge on any atom is -0.385 e. The van der Waals surface area contributed by atoms with Gasteiger partial charge in [0.2, 0.25) is 0 Å². The molecule has 0 amide bonds. The number of nitrogens with zero attached hydrogens (tertiary/aromatic N) is 1. The maximum atomic E-state index is 11.0. The summed E-state index contributed by atoms with van der Waals surface area (Å²) >= 11 is 0. The van der Waals surface area contributed by atoms with E-state index in [1.54, 1.807) is 0 Å². The van der Waals surface area contributed by atoms with Crippen LogP contribution in [0.15, 0.2) is 30.5 Å². The zero-order valence-electron chi connectivity index (χ0n) is 11.7. The van der Waals surface area contributed by atoms with Crippen LogP contribution in [0.1, 0.15) is 32.3 Å². The highest BCUT2D eigenvalue weighted by molar-refractivity contribution is 5.83. The lowest BCUT2D eigenvalue weighted by Gasteiger charge is -2.40. The van der Waals surface area contributed by atoms with Crippen molar-refractivity contribution in [3.05, 3.63) is 36.0 Å². The molecule has 1 aliphatic rings. The molecule has 0 radical (unpaired) electrons. The van der Waals surface area contributed by atoms with Crippen molar-refractivity contribution in [3.63, 3.8) is 0 Å². The maximum Gasteiger partial charge on any atom is 0.0927 e. The minimum atomic E-state index is -0.674. The summed E-state index contributed by atoms with van der Waals surface area (Å²) in [5.74, 6) is 0. The van der Waals surface area contributed by atoms with E-state index in [2.05, 4.69) is 41.9 Å². The molecule has 102 valence electrons. The van der Waals surface area contributed by atoms with Crippen molar-refractivity contribution < 1.29 is 5.11 Å². The summed E-state index contributed by atoms with van der Waals surface area (Å²) in [6.07, 6.45) is 3.58. The van der Waals surface area contributed by atoms with E-state index in [-0.39, 0.29) is 0 Å². The van der Waals surface area contributed by atoms with Crippen LogP contribution < -0.4 is 0 Å². The highest BCUT2D eigenvalue weighted by Crippen LogP contribution is 2.37. The first-order valence-electron chi connectivity index (χ1n) is 7.13. The predicted molar refractivity (Wildman–Crippen MR) is 78.1 cm³/mol. The highest BCUT2D eigenvalue weighted by atomic mass is 16.3. The second-order valence-corrected chi connectivity index (χ2v) is 5.91. The molecule has 19 heavy (non-hydrogen) atoms. The Balaban J connectivity index is 1.92. The van der Waals surface area contributed by atoms with Gasteiger partial charge in [0, 0.05) is 36.2 Å². The third-order valence-electron chi connectivity index (χ3n) is 4.45. The van der Waals surface area contributed by atoms with E-state index in [4.69, 9.17) is 0 Å². The van der Waals surface area contributed by atoms with E-state index in [0.717, 1.165) is 42.4 Å². The van der Waals surface area contributed by atoms with Gasteiger partial charge >= 0.3 is 0 Å². The Kier molecular flexibility index (Phi) is 3.11. The SMILES string of the molecule is CC(C)N1CCC(O)(c2cccc3[nH]ccc23)CC1. The molecule has 2 N–H and O–H groups in total. The van der Waals surface area contributed by atoms with Crippen molar-refractivity contribution in [3.8, 4) is 0 Å². The topological polar surface area (TPSA) is 39.3 Å². The molecule has 3 nitrogen and oxygen atoms in total. The van der Waals surface area contributed by atoms with Crippen LogP contribution in [0, 0.1) is 0 Å². The number of hydrogen-bond donors (Lipinski definition) is 2. The van der Waals surface area contributed by atoms with Crippen molar-refractivity contribution in [1.82, 2.24) is 9.88 Å². The highest BCUT2D eigenvalue weighted by Gasteiger charge is 2.35. The number of aliphatic hydroxyl groups is 1. The van der Waals surface area contributed by atoms with Gasteiger partial charge in [-0.05, 0) is 44.4 Å². The van der Waals surface area contributed by atoms with Crippen LogP contribution in [0.2, 0.25) is 0 Å².